The lowest BCUT2D eigenvalue weighted by molar-refractivity contribution is 0.102. The number of benzene rings is 3. The van der Waals surface area contributed by atoms with E-state index in [1.807, 2.05) is 19.1 Å². The molecule has 0 heterocycles. The molecule has 0 unspecified atom stereocenters. The van der Waals surface area contributed by atoms with Gasteiger partial charge in [0.05, 0.1) is 34.8 Å². The van der Waals surface area contributed by atoms with Crippen LogP contribution in [0.2, 0.25) is 5.02 Å². The van der Waals surface area contributed by atoms with Gasteiger partial charge in [0.25, 0.3) is 15.9 Å². The molecule has 8 heteroatoms. The summed E-state index contributed by atoms with van der Waals surface area (Å²) >= 11 is 6.24. The van der Waals surface area contributed by atoms with Gasteiger partial charge in [-0.25, -0.2) is 8.42 Å². The Morgan fingerprint density at radius 3 is 2.56 bits per heavy atom. The van der Waals surface area contributed by atoms with Crippen molar-refractivity contribution in [3.63, 3.8) is 0 Å². The first-order chi connectivity index (χ1) is 15.3. The van der Waals surface area contributed by atoms with Crippen LogP contribution in [0.4, 0.5) is 11.4 Å². The Balaban J connectivity index is 2.02. The third kappa shape index (κ3) is 4.95. The molecule has 0 aliphatic rings. The van der Waals surface area contributed by atoms with Crippen LogP contribution in [0.1, 0.15) is 15.9 Å². The molecule has 0 saturated heterocycles. The van der Waals surface area contributed by atoms with Gasteiger partial charge in [0.1, 0.15) is 5.75 Å². The van der Waals surface area contributed by atoms with Crippen molar-refractivity contribution in [1.29, 1.82) is 0 Å². The van der Waals surface area contributed by atoms with Gasteiger partial charge in [-0.3, -0.25) is 9.10 Å². The summed E-state index contributed by atoms with van der Waals surface area (Å²) in [4.78, 5) is 12.8. The first-order valence-corrected chi connectivity index (χ1v) is 11.5. The maximum absolute atomic E-state index is 13.5. The summed E-state index contributed by atoms with van der Waals surface area (Å²) in [6.45, 7) is 5.59. The van der Waals surface area contributed by atoms with E-state index in [4.69, 9.17) is 16.3 Å². The van der Waals surface area contributed by atoms with Crippen LogP contribution in [0.5, 0.6) is 5.75 Å². The Bertz CT molecular complexity index is 1260. The molecule has 0 fully saturated rings. The minimum Gasteiger partial charge on any atom is -0.495 e. The highest BCUT2D eigenvalue weighted by Crippen LogP contribution is 2.33. The maximum atomic E-state index is 13.5. The Labute approximate surface area is 193 Å². The molecule has 3 aromatic carbocycles. The molecule has 0 spiro atoms. The molecule has 1 N–H and O–H groups in total. The first kappa shape index (κ1) is 23.4. The van der Waals surface area contributed by atoms with E-state index in [0.29, 0.717) is 17.1 Å². The van der Waals surface area contributed by atoms with Crippen LogP contribution < -0.4 is 14.4 Å². The van der Waals surface area contributed by atoms with E-state index >= 15 is 0 Å². The number of halogens is 1. The Morgan fingerprint density at radius 2 is 1.88 bits per heavy atom. The molecule has 0 aliphatic heterocycles. The van der Waals surface area contributed by atoms with Crippen molar-refractivity contribution in [3.05, 3.63) is 95.5 Å². The summed E-state index contributed by atoms with van der Waals surface area (Å²) in [5.41, 5.74) is 1.96. The van der Waals surface area contributed by atoms with Crippen LogP contribution in [0.3, 0.4) is 0 Å². The number of ether oxygens (including phenoxy) is 1. The Morgan fingerprint density at radius 1 is 1.12 bits per heavy atom. The highest BCUT2D eigenvalue weighted by molar-refractivity contribution is 7.92. The van der Waals surface area contributed by atoms with E-state index < -0.39 is 15.9 Å². The zero-order chi connectivity index (χ0) is 23.3. The fourth-order valence-corrected chi connectivity index (χ4v) is 4.84. The molecular formula is C24H23ClN2O4S. The number of para-hydroxylation sites is 2. The molecule has 0 atom stereocenters. The second kappa shape index (κ2) is 9.89. The minimum atomic E-state index is -4.06. The molecular weight excluding hydrogens is 448 g/mol. The van der Waals surface area contributed by atoms with Gasteiger partial charge in [-0.15, -0.1) is 6.58 Å². The van der Waals surface area contributed by atoms with E-state index in [9.17, 15) is 13.2 Å². The average Bonchev–Trinajstić information content (AvgIpc) is 2.77. The summed E-state index contributed by atoms with van der Waals surface area (Å²) < 4.78 is 33.6. The Kier molecular flexibility index (Phi) is 7.22. The van der Waals surface area contributed by atoms with Gasteiger partial charge in [-0.2, -0.15) is 0 Å². The summed E-state index contributed by atoms with van der Waals surface area (Å²) in [5, 5.41) is 2.90. The molecule has 0 saturated carbocycles. The number of nitrogens with zero attached hydrogens (tertiary/aromatic N) is 1. The van der Waals surface area contributed by atoms with Crippen molar-refractivity contribution in [3.8, 4) is 5.75 Å². The highest BCUT2D eigenvalue weighted by Gasteiger charge is 2.28. The van der Waals surface area contributed by atoms with Crippen molar-refractivity contribution in [2.24, 2.45) is 0 Å². The fraction of sp³-hybridized carbons (Fsp3) is 0.125. The normalized spacial score (nSPS) is 11.0. The van der Waals surface area contributed by atoms with Gasteiger partial charge in [0.15, 0.2) is 0 Å². The molecule has 166 valence electrons. The molecule has 1 amide bonds. The van der Waals surface area contributed by atoms with E-state index in [1.165, 1.54) is 35.7 Å². The number of aryl methyl sites for hydroxylation is 1. The maximum Gasteiger partial charge on any atom is 0.264 e. The largest absolute Gasteiger partial charge is 0.495 e. The number of carbonyl (C=O) groups is 1. The van der Waals surface area contributed by atoms with Gasteiger partial charge in [-0.05, 0) is 55.0 Å². The molecule has 6 nitrogen and oxygen atoms in total. The van der Waals surface area contributed by atoms with Crippen LogP contribution in [0.25, 0.3) is 0 Å². The third-order valence-corrected chi connectivity index (χ3v) is 6.80. The predicted octanol–water partition coefficient (Wildman–Crippen LogP) is 5.29. The lowest BCUT2D eigenvalue weighted by Gasteiger charge is -2.25. The second-order valence-electron chi connectivity index (χ2n) is 6.96. The lowest BCUT2D eigenvalue weighted by atomic mass is 10.2. The van der Waals surface area contributed by atoms with Crippen LogP contribution >= 0.6 is 11.6 Å². The van der Waals surface area contributed by atoms with Crippen LogP contribution in [-0.2, 0) is 10.0 Å². The van der Waals surface area contributed by atoms with Gasteiger partial charge < -0.3 is 10.1 Å². The van der Waals surface area contributed by atoms with Crippen molar-refractivity contribution in [2.75, 3.05) is 23.3 Å². The van der Waals surface area contributed by atoms with Crippen molar-refractivity contribution in [2.45, 2.75) is 11.8 Å². The summed E-state index contributed by atoms with van der Waals surface area (Å²) in [6.07, 6.45) is 1.48. The summed E-state index contributed by atoms with van der Waals surface area (Å²) in [6, 6.07) is 18.1. The van der Waals surface area contributed by atoms with Crippen LogP contribution in [0.15, 0.2) is 84.3 Å². The molecule has 0 aromatic heterocycles. The van der Waals surface area contributed by atoms with E-state index in [-0.39, 0.29) is 22.0 Å². The first-order valence-electron chi connectivity index (χ1n) is 9.72. The smallest absolute Gasteiger partial charge is 0.264 e. The van der Waals surface area contributed by atoms with E-state index in [0.717, 1.165) is 5.56 Å². The molecule has 3 aromatic rings. The van der Waals surface area contributed by atoms with Crippen molar-refractivity contribution < 1.29 is 17.9 Å². The van der Waals surface area contributed by atoms with Gasteiger partial charge in [0, 0.05) is 5.69 Å². The molecule has 0 bridgehead atoms. The van der Waals surface area contributed by atoms with Gasteiger partial charge in [-0.1, -0.05) is 41.9 Å². The van der Waals surface area contributed by atoms with Crippen molar-refractivity contribution >= 4 is 38.9 Å². The highest BCUT2D eigenvalue weighted by atomic mass is 35.5. The number of rotatable bonds is 8. The number of methoxy groups -OCH3 is 1. The van der Waals surface area contributed by atoms with Gasteiger partial charge >= 0.3 is 0 Å². The number of hydrogen-bond donors (Lipinski definition) is 1. The lowest BCUT2D eigenvalue weighted by Crippen LogP contribution is -2.31. The quantitative estimate of drug-likeness (QED) is 0.454. The number of anilines is 2. The standard InChI is InChI=1S/C24H23ClN2O4S/c1-4-14-27(22-10-5-6-11-23(22)31-3)32(29,30)19-12-13-21(25)20(16-19)24(28)26-18-9-7-8-17(2)15-18/h4-13,15-16H,1,14H2,2-3H3,(H,26,28). The fourth-order valence-electron chi connectivity index (χ4n) is 3.17. The molecule has 32 heavy (non-hydrogen) atoms. The number of sulfonamides is 1. The minimum absolute atomic E-state index is 0.0101. The number of amides is 1. The third-order valence-electron chi connectivity index (χ3n) is 4.70. The summed E-state index contributed by atoms with van der Waals surface area (Å²) in [5.74, 6) is -0.116. The molecule has 0 radical (unpaired) electrons. The summed E-state index contributed by atoms with van der Waals surface area (Å²) in [7, 11) is -2.59. The average molecular weight is 471 g/mol. The van der Waals surface area contributed by atoms with E-state index in [2.05, 4.69) is 11.9 Å². The zero-order valence-corrected chi connectivity index (χ0v) is 19.3. The van der Waals surface area contributed by atoms with Crippen molar-refractivity contribution in [1.82, 2.24) is 0 Å². The van der Waals surface area contributed by atoms with E-state index in [1.54, 1.807) is 36.4 Å². The number of hydrogen-bond acceptors (Lipinski definition) is 4. The van der Waals surface area contributed by atoms with Crippen LogP contribution in [0, 0.1) is 6.92 Å². The topological polar surface area (TPSA) is 75.7 Å². The van der Waals surface area contributed by atoms with Gasteiger partial charge in [0.2, 0.25) is 0 Å². The second-order valence-corrected chi connectivity index (χ2v) is 9.23. The zero-order valence-electron chi connectivity index (χ0n) is 17.7. The Hall–Kier alpha value is -3.29. The predicted molar refractivity (Wildman–Crippen MR) is 128 cm³/mol. The van der Waals surface area contributed by atoms with Crippen LogP contribution in [-0.4, -0.2) is 28.0 Å². The monoisotopic (exact) mass is 470 g/mol. The molecule has 0 aliphatic carbocycles. The number of nitrogens with one attached hydrogen (secondary N) is 1. The SMILES string of the molecule is C=CCN(c1ccccc1OC)S(=O)(=O)c1ccc(Cl)c(C(=O)Nc2cccc(C)c2)c1. The molecule has 3 rings (SSSR count). The number of carbonyl (C=O) groups excluding carboxylic acids is 1.